The number of aromatic nitrogens is 1. The van der Waals surface area contributed by atoms with Crippen molar-refractivity contribution in [2.45, 2.75) is 0 Å². The van der Waals surface area contributed by atoms with E-state index in [-0.39, 0.29) is 0 Å². The van der Waals surface area contributed by atoms with Gasteiger partial charge in [0.1, 0.15) is 0 Å². The summed E-state index contributed by atoms with van der Waals surface area (Å²) in [5, 5.41) is 4.90. The van der Waals surface area contributed by atoms with Gasteiger partial charge in [-0.2, -0.15) is 0 Å². The van der Waals surface area contributed by atoms with Crippen LogP contribution in [0.15, 0.2) is 243 Å². The standard InChI is InChI=1S/C58H40N2/c1-3-19-42(20-4-1)49-26-9-10-27-50(49)51-28-11-12-29-52(51)53-30-13-15-32-56(53)59(47-25-17-22-44(39-47)45-35-34-41-18-7-8-21-43(41)38-45)48-36-37-58-55(40-48)54-31-14-16-33-57(54)60(58)46-23-5-2-6-24-46/h1-40H. The van der Waals surface area contributed by atoms with E-state index in [0.717, 1.165) is 28.3 Å². The third-order valence-electron chi connectivity index (χ3n) is 11.8. The van der Waals surface area contributed by atoms with E-state index in [1.165, 1.54) is 71.5 Å². The second-order valence-corrected chi connectivity index (χ2v) is 15.3. The van der Waals surface area contributed by atoms with Crippen LogP contribution in [0.4, 0.5) is 17.1 Å². The Morgan fingerprint density at radius 2 is 0.833 bits per heavy atom. The Hall–Kier alpha value is -7.94. The average molecular weight is 765 g/mol. The predicted molar refractivity (Wildman–Crippen MR) is 255 cm³/mol. The molecule has 60 heavy (non-hydrogen) atoms. The molecule has 0 unspecified atom stereocenters. The van der Waals surface area contributed by atoms with Crippen molar-refractivity contribution in [2.24, 2.45) is 0 Å². The zero-order chi connectivity index (χ0) is 39.8. The first-order chi connectivity index (χ1) is 29.8. The smallest absolute Gasteiger partial charge is 0.0542 e. The highest BCUT2D eigenvalue weighted by Crippen LogP contribution is 2.47. The van der Waals surface area contributed by atoms with Gasteiger partial charge in [0.2, 0.25) is 0 Å². The van der Waals surface area contributed by atoms with E-state index in [0.29, 0.717) is 0 Å². The monoisotopic (exact) mass is 764 g/mol. The number of rotatable bonds is 8. The summed E-state index contributed by atoms with van der Waals surface area (Å²) in [5.74, 6) is 0. The molecule has 1 heterocycles. The van der Waals surface area contributed by atoms with Crippen molar-refractivity contribution >= 4 is 49.6 Å². The van der Waals surface area contributed by atoms with E-state index in [4.69, 9.17) is 0 Å². The molecule has 0 amide bonds. The van der Waals surface area contributed by atoms with E-state index in [9.17, 15) is 0 Å². The van der Waals surface area contributed by atoms with Gasteiger partial charge < -0.3 is 9.47 Å². The highest BCUT2D eigenvalue weighted by molar-refractivity contribution is 6.11. The maximum Gasteiger partial charge on any atom is 0.0542 e. The van der Waals surface area contributed by atoms with Crippen molar-refractivity contribution in [3.05, 3.63) is 243 Å². The minimum Gasteiger partial charge on any atom is -0.310 e. The summed E-state index contributed by atoms with van der Waals surface area (Å²) in [6.45, 7) is 0. The van der Waals surface area contributed by atoms with E-state index in [2.05, 4.69) is 252 Å². The minimum atomic E-state index is 1.08. The van der Waals surface area contributed by atoms with E-state index >= 15 is 0 Å². The number of hydrogen-bond donors (Lipinski definition) is 0. The molecular weight excluding hydrogens is 725 g/mol. The van der Waals surface area contributed by atoms with E-state index in [1.807, 2.05) is 0 Å². The summed E-state index contributed by atoms with van der Waals surface area (Å²) in [6, 6.07) is 88.0. The molecule has 0 bridgehead atoms. The van der Waals surface area contributed by atoms with Crippen molar-refractivity contribution in [2.75, 3.05) is 4.90 Å². The molecule has 11 aromatic rings. The molecule has 11 rings (SSSR count). The molecule has 0 saturated carbocycles. The summed E-state index contributed by atoms with van der Waals surface area (Å²) in [6.07, 6.45) is 0. The maximum atomic E-state index is 2.45. The Kier molecular flexibility index (Phi) is 8.87. The third kappa shape index (κ3) is 6.23. The Bertz CT molecular complexity index is 3320. The molecule has 0 aliphatic heterocycles. The van der Waals surface area contributed by atoms with Crippen LogP contribution in [0.3, 0.4) is 0 Å². The zero-order valence-electron chi connectivity index (χ0n) is 33.0. The van der Waals surface area contributed by atoms with Crippen LogP contribution in [0, 0.1) is 0 Å². The van der Waals surface area contributed by atoms with Crippen molar-refractivity contribution < 1.29 is 0 Å². The maximum absolute atomic E-state index is 2.45. The van der Waals surface area contributed by atoms with Gasteiger partial charge in [-0.1, -0.05) is 182 Å². The number of hydrogen-bond acceptors (Lipinski definition) is 1. The first-order valence-corrected chi connectivity index (χ1v) is 20.6. The van der Waals surface area contributed by atoms with Gasteiger partial charge in [-0.15, -0.1) is 0 Å². The molecule has 0 N–H and O–H groups in total. The number of para-hydroxylation sites is 3. The first kappa shape index (κ1) is 35.2. The molecule has 0 aliphatic rings. The van der Waals surface area contributed by atoms with Gasteiger partial charge in [0, 0.05) is 33.4 Å². The molecule has 2 heteroatoms. The lowest BCUT2D eigenvalue weighted by Crippen LogP contribution is -2.11. The van der Waals surface area contributed by atoms with E-state index in [1.54, 1.807) is 0 Å². The fourth-order valence-electron chi connectivity index (χ4n) is 9.01. The predicted octanol–water partition coefficient (Wildman–Crippen LogP) is 16.1. The number of nitrogens with zero attached hydrogens (tertiary/aromatic N) is 2. The van der Waals surface area contributed by atoms with Crippen LogP contribution in [0.1, 0.15) is 0 Å². The zero-order valence-corrected chi connectivity index (χ0v) is 33.0. The fraction of sp³-hybridized carbons (Fsp3) is 0. The van der Waals surface area contributed by atoms with Crippen LogP contribution in [-0.4, -0.2) is 4.57 Å². The molecule has 10 aromatic carbocycles. The Labute approximate surface area is 350 Å². The topological polar surface area (TPSA) is 8.17 Å². The molecular formula is C58H40N2. The van der Waals surface area contributed by atoms with Crippen LogP contribution >= 0.6 is 0 Å². The van der Waals surface area contributed by atoms with Gasteiger partial charge in [-0.05, 0) is 110 Å². The summed E-state index contributed by atoms with van der Waals surface area (Å²) in [4.78, 5) is 2.45. The van der Waals surface area contributed by atoms with E-state index < -0.39 is 0 Å². The molecule has 0 saturated heterocycles. The molecule has 282 valence electrons. The average Bonchev–Trinajstić information content (AvgIpc) is 3.66. The van der Waals surface area contributed by atoms with Crippen LogP contribution < -0.4 is 4.90 Å². The minimum absolute atomic E-state index is 1.08. The van der Waals surface area contributed by atoms with Crippen molar-refractivity contribution in [1.29, 1.82) is 0 Å². The largest absolute Gasteiger partial charge is 0.310 e. The lowest BCUT2D eigenvalue weighted by Gasteiger charge is -2.29. The molecule has 0 spiro atoms. The molecule has 0 atom stereocenters. The SMILES string of the molecule is c1ccc(-c2ccccc2-c2ccccc2-c2ccccc2N(c2cccc(-c3ccc4ccccc4c3)c2)c2ccc3c(c2)c2ccccc2n3-c2ccccc2)cc1. The number of anilines is 3. The number of fused-ring (bicyclic) bond motifs is 4. The van der Waals surface area contributed by atoms with Crippen LogP contribution in [0.2, 0.25) is 0 Å². The quantitative estimate of drug-likeness (QED) is 0.150. The third-order valence-corrected chi connectivity index (χ3v) is 11.8. The molecule has 0 radical (unpaired) electrons. The number of benzene rings is 10. The lowest BCUT2D eigenvalue weighted by molar-refractivity contribution is 1.18. The van der Waals surface area contributed by atoms with Gasteiger partial charge in [0.05, 0.1) is 16.7 Å². The Balaban J connectivity index is 1.14. The van der Waals surface area contributed by atoms with Gasteiger partial charge in [0.15, 0.2) is 0 Å². The normalized spacial score (nSPS) is 11.3. The molecule has 0 aliphatic carbocycles. The first-order valence-electron chi connectivity index (χ1n) is 20.6. The highest BCUT2D eigenvalue weighted by Gasteiger charge is 2.22. The Morgan fingerprint density at radius 1 is 0.283 bits per heavy atom. The van der Waals surface area contributed by atoms with Crippen LogP contribution in [0.25, 0.3) is 82.8 Å². The highest BCUT2D eigenvalue weighted by atomic mass is 15.1. The lowest BCUT2D eigenvalue weighted by atomic mass is 9.88. The van der Waals surface area contributed by atoms with Gasteiger partial charge >= 0.3 is 0 Å². The second kappa shape index (κ2) is 15.1. The van der Waals surface area contributed by atoms with Crippen LogP contribution in [-0.2, 0) is 0 Å². The second-order valence-electron chi connectivity index (χ2n) is 15.3. The van der Waals surface area contributed by atoms with Gasteiger partial charge in [-0.25, -0.2) is 0 Å². The molecule has 0 fully saturated rings. The van der Waals surface area contributed by atoms with Gasteiger partial charge in [-0.3, -0.25) is 0 Å². The van der Waals surface area contributed by atoms with Crippen LogP contribution in [0.5, 0.6) is 0 Å². The molecule has 2 nitrogen and oxygen atoms in total. The summed E-state index contributed by atoms with van der Waals surface area (Å²) in [7, 11) is 0. The molecule has 1 aromatic heterocycles. The van der Waals surface area contributed by atoms with Crippen molar-refractivity contribution in [1.82, 2.24) is 4.57 Å². The van der Waals surface area contributed by atoms with Gasteiger partial charge in [0.25, 0.3) is 0 Å². The summed E-state index contributed by atoms with van der Waals surface area (Å²) in [5.41, 5.74) is 16.3. The fourth-order valence-corrected chi connectivity index (χ4v) is 9.01. The summed E-state index contributed by atoms with van der Waals surface area (Å²) >= 11 is 0. The Morgan fingerprint density at radius 3 is 1.63 bits per heavy atom. The van der Waals surface area contributed by atoms with Crippen molar-refractivity contribution in [3.8, 4) is 50.2 Å². The summed E-state index contributed by atoms with van der Waals surface area (Å²) < 4.78 is 2.38. The van der Waals surface area contributed by atoms with Crippen molar-refractivity contribution in [3.63, 3.8) is 0 Å².